The van der Waals surface area contributed by atoms with Crippen molar-refractivity contribution in [1.29, 1.82) is 0 Å². The molecule has 146 valence electrons. The summed E-state index contributed by atoms with van der Waals surface area (Å²) < 4.78 is 15.2. The standard InChI is InChI=1S/C17H21N3O7/c1-3-18-15(21)7-19-16(22)8-24-17(23)9-27-20-11(2)12-4-5-13-14(6-12)26-10-25-13/h4-6H,3,7-10H2,1-2H3,(H,18,21)(H,19,22)/b20-11-. The first-order valence-corrected chi connectivity index (χ1v) is 8.25. The molecule has 0 atom stereocenters. The lowest BCUT2D eigenvalue weighted by atomic mass is 10.1. The Kier molecular flexibility index (Phi) is 7.41. The molecule has 0 spiro atoms. The number of benzene rings is 1. The molecule has 1 aromatic carbocycles. The molecular weight excluding hydrogens is 358 g/mol. The van der Waals surface area contributed by atoms with Crippen molar-refractivity contribution in [3.8, 4) is 11.5 Å². The van der Waals surface area contributed by atoms with Gasteiger partial charge in [0.15, 0.2) is 18.1 Å². The molecule has 2 rings (SSSR count). The van der Waals surface area contributed by atoms with Crippen LogP contribution in [0.25, 0.3) is 0 Å². The molecule has 0 aromatic heterocycles. The molecule has 1 heterocycles. The molecule has 27 heavy (non-hydrogen) atoms. The maximum atomic E-state index is 11.5. The van der Waals surface area contributed by atoms with Crippen LogP contribution in [0.2, 0.25) is 0 Å². The van der Waals surface area contributed by atoms with E-state index in [2.05, 4.69) is 15.8 Å². The number of amides is 2. The maximum absolute atomic E-state index is 11.5. The van der Waals surface area contributed by atoms with Gasteiger partial charge in [-0.2, -0.15) is 0 Å². The van der Waals surface area contributed by atoms with Gasteiger partial charge >= 0.3 is 5.97 Å². The van der Waals surface area contributed by atoms with E-state index in [9.17, 15) is 14.4 Å². The predicted octanol–water partition coefficient (Wildman–Crippen LogP) is -0.0486. The Morgan fingerprint density at radius 1 is 1.11 bits per heavy atom. The van der Waals surface area contributed by atoms with Gasteiger partial charge in [0.25, 0.3) is 5.91 Å². The second kappa shape index (κ2) is 10.00. The summed E-state index contributed by atoms with van der Waals surface area (Å²) in [4.78, 5) is 39.1. The zero-order valence-corrected chi connectivity index (χ0v) is 15.1. The summed E-state index contributed by atoms with van der Waals surface area (Å²) in [6.45, 7) is 2.97. The number of carbonyl (C=O) groups excluding carboxylic acids is 3. The van der Waals surface area contributed by atoms with Crippen molar-refractivity contribution in [2.45, 2.75) is 13.8 Å². The summed E-state index contributed by atoms with van der Waals surface area (Å²) in [7, 11) is 0. The SMILES string of the molecule is CCNC(=O)CNC(=O)COC(=O)CO/N=C(/C)c1ccc2c(c1)OCO2. The van der Waals surface area contributed by atoms with Crippen molar-refractivity contribution >= 4 is 23.5 Å². The van der Waals surface area contributed by atoms with Crippen LogP contribution in [0.3, 0.4) is 0 Å². The first-order chi connectivity index (χ1) is 13.0. The molecule has 10 nitrogen and oxygen atoms in total. The average molecular weight is 379 g/mol. The number of rotatable bonds is 9. The summed E-state index contributed by atoms with van der Waals surface area (Å²) >= 11 is 0. The van der Waals surface area contributed by atoms with Crippen LogP contribution in [-0.4, -0.2) is 56.6 Å². The van der Waals surface area contributed by atoms with E-state index in [1.165, 1.54) is 0 Å². The van der Waals surface area contributed by atoms with Crippen molar-refractivity contribution in [2.24, 2.45) is 5.16 Å². The molecule has 1 aromatic rings. The number of hydrogen-bond acceptors (Lipinski definition) is 8. The van der Waals surface area contributed by atoms with Gasteiger partial charge in [-0.05, 0) is 32.0 Å². The summed E-state index contributed by atoms with van der Waals surface area (Å²) in [6, 6.07) is 5.29. The monoisotopic (exact) mass is 379 g/mol. The fourth-order valence-corrected chi connectivity index (χ4v) is 2.03. The van der Waals surface area contributed by atoms with E-state index in [0.717, 1.165) is 5.56 Å². The number of nitrogens with one attached hydrogen (secondary N) is 2. The van der Waals surface area contributed by atoms with Crippen LogP contribution >= 0.6 is 0 Å². The Balaban J connectivity index is 1.68. The van der Waals surface area contributed by atoms with E-state index < -0.39 is 25.1 Å². The molecule has 0 radical (unpaired) electrons. The third-order valence-electron chi connectivity index (χ3n) is 3.36. The van der Waals surface area contributed by atoms with Crippen LogP contribution < -0.4 is 20.1 Å². The number of hydrogen-bond donors (Lipinski definition) is 2. The van der Waals surface area contributed by atoms with Crippen LogP contribution in [0.5, 0.6) is 11.5 Å². The molecule has 1 aliphatic rings. The Bertz CT molecular complexity index is 733. The zero-order valence-electron chi connectivity index (χ0n) is 15.1. The summed E-state index contributed by atoms with van der Waals surface area (Å²) in [5, 5.41) is 8.67. The fourth-order valence-electron chi connectivity index (χ4n) is 2.03. The highest BCUT2D eigenvalue weighted by Gasteiger charge is 2.14. The highest BCUT2D eigenvalue weighted by Crippen LogP contribution is 2.32. The highest BCUT2D eigenvalue weighted by molar-refractivity contribution is 5.99. The van der Waals surface area contributed by atoms with E-state index in [1.807, 2.05) is 0 Å². The van der Waals surface area contributed by atoms with Crippen molar-refractivity contribution in [1.82, 2.24) is 10.6 Å². The topological polar surface area (TPSA) is 125 Å². The fraction of sp³-hybridized carbons (Fsp3) is 0.412. The third-order valence-corrected chi connectivity index (χ3v) is 3.36. The van der Waals surface area contributed by atoms with Crippen LogP contribution in [0.1, 0.15) is 19.4 Å². The average Bonchev–Trinajstić information content (AvgIpc) is 3.12. The number of ether oxygens (including phenoxy) is 3. The lowest BCUT2D eigenvalue weighted by Crippen LogP contribution is -2.38. The lowest BCUT2D eigenvalue weighted by Gasteiger charge is -2.06. The quantitative estimate of drug-likeness (QED) is 0.350. The molecule has 10 heteroatoms. The Labute approximate surface area is 155 Å². The highest BCUT2D eigenvalue weighted by atomic mass is 16.7. The van der Waals surface area contributed by atoms with Gasteiger partial charge in [-0.25, -0.2) is 4.79 Å². The lowest BCUT2D eigenvalue weighted by molar-refractivity contribution is -0.152. The molecule has 0 saturated carbocycles. The number of likely N-dealkylation sites (N-methyl/N-ethyl adjacent to an activating group) is 1. The molecule has 2 N–H and O–H groups in total. The van der Waals surface area contributed by atoms with Crippen molar-refractivity contribution < 1.29 is 33.4 Å². The molecule has 0 unspecified atom stereocenters. The van der Waals surface area contributed by atoms with E-state index in [1.54, 1.807) is 32.0 Å². The minimum absolute atomic E-state index is 0.175. The largest absolute Gasteiger partial charge is 0.454 e. The summed E-state index contributed by atoms with van der Waals surface area (Å²) in [5.41, 5.74) is 1.28. The van der Waals surface area contributed by atoms with Gasteiger partial charge in [-0.15, -0.1) is 0 Å². The predicted molar refractivity (Wildman–Crippen MR) is 93.4 cm³/mol. The van der Waals surface area contributed by atoms with Gasteiger partial charge < -0.3 is 29.7 Å². The number of fused-ring (bicyclic) bond motifs is 1. The molecule has 0 fully saturated rings. The molecule has 0 saturated heterocycles. The smallest absolute Gasteiger partial charge is 0.347 e. The summed E-state index contributed by atoms with van der Waals surface area (Å²) in [5.74, 6) is -0.407. The molecule has 1 aliphatic heterocycles. The van der Waals surface area contributed by atoms with E-state index in [4.69, 9.17) is 19.0 Å². The normalized spacial score (nSPS) is 12.3. The minimum atomic E-state index is -0.759. The van der Waals surface area contributed by atoms with Gasteiger partial charge in [-0.1, -0.05) is 5.16 Å². The van der Waals surface area contributed by atoms with Crippen LogP contribution in [-0.2, 0) is 24.0 Å². The molecular formula is C17H21N3O7. The third kappa shape index (κ3) is 6.49. The van der Waals surface area contributed by atoms with Gasteiger partial charge in [0.05, 0.1) is 12.3 Å². The van der Waals surface area contributed by atoms with Gasteiger partial charge in [0, 0.05) is 12.1 Å². The zero-order chi connectivity index (χ0) is 19.6. The number of oxime groups is 1. The first-order valence-electron chi connectivity index (χ1n) is 8.25. The second-order valence-corrected chi connectivity index (χ2v) is 5.41. The Morgan fingerprint density at radius 3 is 2.67 bits per heavy atom. The first kappa shape index (κ1) is 20.0. The van der Waals surface area contributed by atoms with Crippen LogP contribution in [0.15, 0.2) is 23.4 Å². The number of esters is 1. The molecule has 0 bridgehead atoms. The van der Waals surface area contributed by atoms with E-state index >= 15 is 0 Å². The van der Waals surface area contributed by atoms with E-state index in [-0.39, 0.29) is 19.2 Å². The van der Waals surface area contributed by atoms with Crippen LogP contribution in [0, 0.1) is 0 Å². The van der Waals surface area contributed by atoms with Gasteiger partial charge in [-0.3, -0.25) is 9.59 Å². The minimum Gasteiger partial charge on any atom is -0.454 e. The van der Waals surface area contributed by atoms with Crippen molar-refractivity contribution in [3.05, 3.63) is 23.8 Å². The van der Waals surface area contributed by atoms with Gasteiger partial charge in [0.2, 0.25) is 19.3 Å². The Hall–Kier alpha value is -3.30. The molecule has 0 aliphatic carbocycles. The maximum Gasteiger partial charge on any atom is 0.347 e. The van der Waals surface area contributed by atoms with Crippen molar-refractivity contribution in [3.63, 3.8) is 0 Å². The summed E-state index contributed by atoms with van der Waals surface area (Å²) in [6.07, 6.45) is 0. The number of carbonyl (C=O) groups is 3. The molecule has 2 amide bonds. The number of nitrogens with zero attached hydrogens (tertiary/aromatic N) is 1. The van der Waals surface area contributed by atoms with Crippen LogP contribution in [0.4, 0.5) is 0 Å². The van der Waals surface area contributed by atoms with Crippen molar-refractivity contribution in [2.75, 3.05) is 33.1 Å². The van der Waals surface area contributed by atoms with E-state index in [0.29, 0.717) is 23.8 Å². The van der Waals surface area contributed by atoms with Gasteiger partial charge in [0.1, 0.15) is 0 Å². The Morgan fingerprint density at radius 2 is 1.89 bits per heavy atom. The second-order valence-electron chi connectivity index (χ2n) is 5.41.